The maximum Gasteiger partial charge on any atom is 0.157 e. The molecule has 0 aromatic carbocycles. The van der Waals surface area contributed by atoms with Gasteiger partial charge >= 0.3 is 0 Å². The van der Waals surface area contributed by atoms with Crippen molar-refractivity contribution in [1.82, 2.24) is 15.3 Å². The summed E-state index contributed by atoms with van der Waals surface area (Å²) in [7, 11) is 0. The largest absolute Gasteiger partial charge is 0.371 e. The van der Waals surface area contributed by atoms with Gasteiger partial charge in [0.25, 0.3) is 0 Å². The number of aromatic nitrogens is 2. The maximum absolute atomic E-state index is 5.61. The van der Waals surface area contributed by atoms with Crippen LogP contribution >= 0.6 is 0 Å². The van der Waals surface area contributed by atoms with Crippen molar-refractivity contribution in [2.75, 3.05) is 13.2 Å². The highest BCUT2D eigenvalue weighted by Crippen LogP contribution is 2.16. The second kappa shape index (κ2) is 8.14. The number of nitrogens with zero attached hydrogens (tertiary/aromatic N) is 2. The van der Waals surface area contributed by atoms with E-state index in [1.54, 1.807) is 0 Å². The fourth-order valence-corrected chi connectivity index (χ4v) is 1.64. The van der Waals surface area contributed by atoms with Gasteiger partial charge in [0.2, 0.25) is 0 Å². The van der Waals surface area contributed by atoms with Crippen LogP contribution in [0.25, 0.3) is 0 Å². The molecule has 1 aromatic heterocycles. The van der Waals surface area contributed by atoms with Gasteiger partial charge in [0.1, 0.15) is 6.10 Å². The summed E-state index contributed by atoms with van der Waals surface area (Å²) < 4.78 is 5.61. The quantitative estimate of drug-likeness (QED) is 0.706. The summed E-state index contributed by atoms with van der Waals surface area (Å²) in [6.45, 7) is 8.75. The third-order valence-electron chi connectivity index (χ3n) is 2.49. The molecule has 0 radical (unpaired) electrons. The molecule has 0 saturated carbocycles. The predicted molar refractivity (Wildman–Crippen MR) is 68.7 cm³/mol. The maximum atomic E-state index is 5.61. The first-order valence-electron chi connectivity index (χ1n) is 6.45. The lowest BCUT2D eigenvalue weighted by atomic mass is 10.2. The van der Waals surface area contributed by atoms with E-state index in [-0.39, 0.29) is 6.10 Å². The Balaban J connectivity index is 2.63. The zero-order valence-corrected chi connectivity index (χ0v) is 11.1. The summed E-state index contributed by atoms with van der Waals surface area (Å²) in [6.07, 6.45) is 3.87. The summed E-state index contributed by atoms with van der Waals surface area (Å²) in [5.41, 5.74) is 1.03. The van der Waals surface area contributed by atoms with Gasteiger partial charge in [0.05, 0.1) is 5.69 Å². The van der Waals surface area contributed by atoms with E-state index >= 15 is 0 Å². The van der Waals surface area contributed by atoms with Crippen LogP contribution in [0.4, 0.5) is 0 Å². The number of hydrogen-bond acceptors (Lipinski definition) is 4. The lowest BCUT2D eigenvalue weighted by molar-refractivity contribution is 0.0533. The van der Waals surface area contributed by atoms with E-state index in [9.17, 15) is 0 Å². The van der Waals surface area contributed by atoms with Crippen molar-refractivity contribution in [2.45, 2.75) is 46.3 Å². The van der Waals surface area contributed by atoms with E-state index in [0.29, 0.717) is 6.61 Å². The Morgan fingerprint density at radius 1 is 1.35 bits per heavy atom. The second-order valence-corrected chi connectivity index (χ2v) is 3.94. The standard InChI is InChI=1S/C13H23N3O/c1-4-8-14-10-11-7-9-15-13(16-11)12(5-2)17-6-3/h7,9,12,14H,4-6,8,10H2,1-3H3. The summed E-state index contributed by atoms with van der Waals surface area (Å²) in [5.74, 6) is 0.796. The highest BCUT2D eigenvalue weighted by molar-refractivity contribution is 5.04. The van der Waals surface area contributed by atoms with Gasteiger partial charge in [-0.3, -0.25) is 0 Å². The first-order valence-corrected chi connectivity index (χ1v) is 6.45. The normalized spacial score (nSPS) is 12.6. The van der Waals surface area contributed by atoms with Crippen molar-refractivity contribution < 1.29 is 4.74 Å². The van der Waals surface area contributed by atoms with Crippen molar-refractivity contribution in [3.05, 3.63) is 23.8 Å². The van der Waals surface area contributed by atoms with Crippen molar-refractivity contribution in [2.24, 2.45) is 0 Å². The Morgan fingerprint density at radius 2 is 2.18 bits per heavy atom. The van der Waals surface area contributed by atoms with Crippen LogP contribution < -0.4 is 5.32 Å². The minimum absolute atomic E-state index is 0.0196. The van der Waals surface area contributed by atoms with Crippen LogP contribution in [-0.2, 0) is 11.3 Å². The molecule has 0 fully saturated rings. The van der Waals surface area contributed by atoms with E-state index in [0.717, 1.165) is 37.4 Å². The molecule has 1 atom stereocenters. The van der Waals surface area contributed by atoms with Crippen LogP contribution in [-0.4, -0.2) is 23.1 Å². The van der Waals surface area contributed by atoms with Gasteiger partial charge in [-0.2, -0.15) is 0 Å². The number of rotatable bonds is 8. The molecule has 4 nitrogen and oxygen atoms in total. The average Bonchev–Trinajstić information content (AvgIpc) is 2.36. The number of ether oxygens (including phenoxy) is 1. The fraction of sp³-hybridized carbons (Fsp3) is 0.692. The lowest BCUT2D eigenvalue weighted by Gasteiger charge is -2.14. The molecule has 17 heavy (non-hydrogen) atoms. The Hall–Kier alpha value is -1.00. The molecule has 1 heterocycles. The zero-order chi connectivity index (χ0) is 12.5. The molecular weight excluding hydrogens is 214 g/mol. The van der Waals surface area contributed by atoms with Crippen molar-refractivity contribution in [1.29, 1.82) is 0 Å². The molecule has 1 unspecified atom stereocenters. The van der Waals surface area contributed by atoms with E-state index in [4.69, 9.17) is 4.74 Å². The van der Waals surface area contributed by atoms with Gasteiger partial charge in [-0.05, 0) is 32.4 Å². The Labute approximate surface area is 104 Å². The lowest BCUT2D eigenvalue weighted by Crippen LogP contribution is -2.16. The van der Waals surface area contributed by atoms with Gasteiger partial charge in [0.15, 0.2) is 5.82 Å². The fourth-order valence-electron chi connectivity index (χ4n) is 1.64. The van der Waals surface area contributed by atoms with E-state index in [1.165, 1.54) is 0 Å². The highest BCUT2D eigenvalue weighted by Gasteiger charge is 2.12. The van der Waals surface area contributed by atoms with Gasteiger partial charge in [-0.25, -0.2) is 9.97 Å². The predicted octanol–water partition coefficient (Wildman–Crippen LogP) is 2.46. The smallest absolute Gasteiger partial charge is 0.157 e. The number of nitrogens with one attached hydrogen (secondary N) is 1. The van der Waals surface area contributed by atoms with Crippen LogP contribution in [0, 0.1) is 0 Å². The minimum atomic E-state index is 0.0196. The first-order chi connectivity index (χ1) is 8.31. The van der Waals surface area contributed by atoms with Gasteiger partial charge < -0.3 is 10.1 Å². The average molecular weight is 237 g/mol. The minimum Gasteiger partial charge on any atom is -0.371 e. The Morgan fingerprint density at radius 3 is 2.82 bits per heavy atom. The molecule has 1 N–H and O–H groups in total. The van der Waals surface area contributed by atoms with E-state index in [2.05, 4.69) is 29.1 Å². The molecule has 0 aliphatic rings. The summed E-state index contributed by atoms with van der Waals surface area (Å²) in [6, 6.07) is 1.95. The molecule has 0 amide bonds. The summed E-state index contributed by atoms with van der Waals surface area (Å²) in [5, 5.41) is 3.34. The molecule has 4 heteroatoms. The molecule has 1 rings (SSSR count). The summed E-state index contributed by atoms with van der Waals surface area (Å²) >= 11 is 0. The van der Waals surface area contributed by atoms with Crippen molar-refractivity contribution in [3.63, 3.8) is 0 Å². The summed E-state index contributed by atoms with van der Waals surface area (Å²) in [4.78, 5) is 8.83. The zero-order valence-electron chi connectivity index (χ0n) is 11.1. The first kappa shape index (κ1) is 14.1. The second-order valence-electron chi connectivity index (χ2n) is 3.94. The third-order valence-corrected chi connectivity index (χ3v) is 2.49. The Bertz CT molecular complexity index is 317. The van der Waals surface area contributed by atoms with Crippen LogP contribution in [0.1, 0.15) is 51.2 Å². The molecule has 0 bridgehead atoms. The number of hydrogen-bond donors (Lipinski definition) is 1. The van der Waals surface area contributed by atoms with Crippen LogP contribution in [0.15, 0.2) is 12.3 Å². The monoisotopic (exact) mass is 237 g/mol. The third kappa shape index (κ3) is 4.79. The molecule has 0 spiro atoms. The Kier molecular flexibility index (Phi) is 6.74. The van der Waals surface area contributed by atoms with E-state index < -0.39 is 0 Å². The van der Waals surface area contributed by atoms with Crippen molar-refractivity contribution in [3.8, 4) is 0 Å². The van der Waals surface area contributed by atoms with E-state index in [1.807, 2.05) is 19.2 Å². The SMILES string of the molecule is CCCNCc1ccnc(C(CC)OCC)n1. The van der Waals surface area contributed by atoms with Crippen LogP contribution in [0.5, 0.6) is 0 Å². The molecule has 0 aliphatic heterocycles. The molecule has 96 valence electrons. The topological polar surface area (TPSA) is 47.0 Å². The van der Waals surface area contributed by atoms with Gasteiger partial charge in [-0.1, -0.05) is 13.8 Å². The van der Waals surface area contributed by atoms with Crippen molar-refractivity contribution >= 4 is 0 Å². The highest BCUT2D eigenvalue weighted by atomic mass is 16.5. The van der Waals surface area contributed by atoms with Crippen LogP contribution in [0.3, 0.4) is 0 Å². The van der Waals surface area contributed by atoms with Crippen LogP contribution in [0.2, 0.25) is 0 Å². The molecule has 0 aliphatic carbocycles. The van der Waals surface area contributed by atoms with Gasteiger partial charge in [0, 0.05) is 19.3 Å². The molecule has 0 saturated heterocycles. The van der Waals surface area contributed by atoms with Gasteiger partial charge in [-0.15, -0.1) is 0 Å². The molecular formula is C13H23N3O. The molecule has 1 aromatic rings.